The molecule has 108 valence electrons. The monoisotopic (exact) mass is 278 g/mol. The van der Waals surface area contributed by atoms with Crippen LogP contribution in [0.3, 0.4) is 0 Å². The van der Waals surface area contributed by atoms with Crippen molar-refractivity contribution in [3.63, 3.8) is 0 Å². The van der Waals surface area contributed by atoms with Crippen molar-refractivity contribution in [2.75, 3.05) is 13.2 Å². The number of ether oxygens (including phenoxy) is 1. The van der Waals surface area contributed by atoms with Crippen LogP contribution < -0.4 is 11.1 Å². The molecule has 0 aliphatic carbocycles. The standard InChI is InChI=1S/C13H26N2O2.ClH/c1-9(2)13-11(5-4-6-17-13)8-15-12(16)7-10(3)14;/h9-11,13H,4-8,14H2,1-3H3,(H,15,16);1H. The zero-order valence-electron chi connectivity index (χ0n) is 11.6. The zero-order chi connectivity index (χ0) is 12.8. The Labute approximate surface area is 116 Å². The zero-order valence-corrected chi connectivity index (χ0v) is 12.5. The second-order valence-corrected chi connectivity index (χ2v) is 5.47. The molecule has 1 heterocycles. The van der Waals surface area contributed by atoms with E-state index in [9.17, 15) is 4.79 Å². The first kappa shape index (κ1) is 17.7. The fourth-order valence-corrected chi connectivity index (χ4v) is 2.43. The first-order valence-corrected chi connectivity index (χ1v) is 6.64. The average Bonchev–Trinajstić information content (AvgIpc) is 2.25. The van der Waals surface area contributed by atoms with Crippen LogP contribution in [0.15, 0.2) is 0 Å². The molecule has 3 N–H and O–H groups in total. The molecule has 0 aromatic rings. The number of halogens is 1. The van der Waals surface area contributed by atoms with E-state index >= 15 is 0 Å². The van der Waals surface area contributed by atoms with E-state index in [1.54, 1.807) is 0 Å². The molecule has 0 aromatic heterocycles. The van der Waals surface area contributed by atoms with E-state index < -0.39 is 0 Å². The van der Waals surface area contributed by atoms with E-state index in [1.165, 1.54) is 0 Å². The number of nitrogens with two attached hydrogens (primary N) is 1. The van der Waals surface area contributed by atoms with Crippen molar-refractivity contribution in [3.8, 4) is 0 Å². The molecule has 3 unspecified atom stereocenters. The third-order valence-corrected chi connectivity index (χ3v) is 3.22. The molecule has 0 bridgehead atoms. The van der Waals surface area contributed by atoms with Crippen LogP contribution in [0.25, 0.3) is 0 Å². The van der Waals surface area contributed by atoms with Gasteiger partial charge in [-0.25, -0.2) is 0 Å². The molecular weight excluding hydrogens is 252 g/mol. The van der Waals surface area contributed by atoms with Crippen LogP contribution in [0.1, 0.15) is 40.0 Å². The molecule has 1 amide bonds. The molecule has 18 heavy (non-hydrogen) atoms. The Balaban J connectivity index is 0.00000289. The van der Waals surface area contributed by atoms with Crippen LogP contribution in [0.5, 0.6) is 0 Å². The third kappa shape index (κ3) is 6.03. The van der Waals surface area contributed by atoms with E-state index in [1.807, 2.05) is 6.92 Å². The van der Waals surface area contributed by atoms with Crippen LogP contribution in [0, 0.1) is 11.8 Å². The van der Waals surface area contributed by atoms with Crippen LogP contribution in [-0.2, 0) is 9.53 Å². The molecule has 0 aromatic carbocycles. The Morgan fingerprint density at radius 1 is 1.44 bits per heavy atom. The number of carbonyl (C=O) groups is 1. The first-order valence-electron chi connectivity index (χ1n) is 6.64. The van der Waals surface area contributed by atoms with E-state index in [4.69, 9.17) is 10.5 Å². The van der Waals surface area contributed by atoms with Gasteiger partial charge in [0.15, 0.2) is 0 Å². The molecule has 4 nitrogen and oxygen atoms in total. The topological polar surface area (TPSA) is 64.4 Å². The van der Waals surface area contributed by atoms with Crippen molar-refractivity contribution >= 4 is 18.3 Å². The van der Waals surface area contributed by atoms with Crippen molar-refractivity contribution in [2.24, 2.45) is 17.6 Å². The number of amides is 1. The van der Waals surface area contributed by atoms with Gasteiger partial charge in [-0.3, -0.25) is 4.79 Å². The van der Waals surface area contributed by atoms with Crippen LogP contribution in [0.4, 0.5) is 0 Å². The van der Waals surface area contributed by atoms with E-state index in [-0.39, 0.29) is 30.5 Å². The molecule has 5 heteroatoms. The lowest BCUT2D eigenvalue weighted by Crippen LogP contribution is -2.42. The molecule has 1 saturated heterocycles. The predicted molar refractivity (Wildman–Crippen MR) is 75.8 cm³/mol. The minimum Gasteiger partial charge on any atom is -0.378 e. The highest BCUT2D eigenvalue weighted by atomic mass is 35.5. The average molecular weight is 279 g/mol. The Morgan fingerprint density at radius 3 is 2.67 bits per heavy atom. The molecule has 0 saturated carbocycles. The summed E-state index contributed by atoms with van der Waals surface area (Å²) in [6, 6.07) is -0.0708. The number of carbonyl (C=O) groups excluding carboxylic acids is 1. The second kappa shape index (κ2) is 8.73. The van der Waals surface area contributed by atoms with Crippen molar-refractivity contribution in [3.05, 3.63) is 0 Å². The minimum absolute atomic E-state index is 0. The fourth-order valence-electron chi connectivity index (χ4n) is 2.43. The highest BCUT2D eigenvalue weighted by molar-refractivity contribution is 5.85. The normalized spacial score (nSPS) is 25.4. The number of rotatable bonds is 5. The lowest BCUT2D eigenvalue weighted by atomic mass is 9.87. The maximum Gasteiger partial charge on any atom is 0.221 e. The van der Waals surface area contributed by atoms with Gasteiger partial charge in [0.1, 0.15) is 0 Å². The maximum atomic E-state index is 11.5. The van der Waals surface area contributed by atoms with Crippen LogP contribution in [0.2, 0.25) is 0 Å². The number of hydrogen-bond acceptors (Lipinski definition) is 3. The van der Waals surface area contributed by atoms with Crippen molar-refractivity contribution in [2.45, 2.75) is 52.2 Å². The van der Waals surface area contributed by atoms with Crippen LogP contribution >= 0.6 is 12.4 Å². The summed E-state index contributed by atoms with van der Waals surface area (Å²) in [4.78, 5) is 11.5. The van der Waals surface area contributed by atoms with Gasteiger partial charge in [0.25, 0.3) is 0 Å². The highest BCUT2D eigenvalue weighted by Crippen LogP contribution is 2.25. The summed E-state index contributed by atoms with van der Waals surface area (Å²) in [5.41, 5.74) is 5.59. The summed E-state index contributed by atoms with van der Waals surface area (Å²) in [7, 11) is 0. The van der Waals surface area contributed by atoms with Gasteiger partial charge in [0.05, 0.1) is 6.10 Å². The molecule has 0 spiro atoms. The molecule has 3 atom stereocenters. The fraction of sp³-hybridized carbons (Fsp3) is 0.923. The van der Waals surface area contributed by atoms with Gasteiger partial charge in [-0.15, -0.1) is 12.4 Å². The predicted octanol–water partition coefficient (Wildman–Crippen LogP) is 1.71. The molecule has 1 rings (SSSR count). The van der Waals surface area contributed by atoms with E-state index in [2.05, 4.69) is 19.2 Å². The number of nitrogens with one attached hydrogen (secondary N) is 1. The lowest BCUT2D eigenvalue weighted by molar-refractivity contribution is -0.122. The lowest BCUT2D eigenvalue weighted by Gasteiger charge is -2.34. The van der Waals surface area contributed by atoms with Crippen LogP contribution in [-0.4, -0.2) is 31.2 Å². The molecule has 1 fully saturated rings. The summed E-state index contributed by atoms with van der Waals surface area (Å²) in [6.07, 6.45) is 2.91. The third-order valence-electron chi connectivity index (χ3n) is 3.22. The molecule has 0 radical (unpaired) electrons. The summed E-state index contributed by atoms with van der Waals surface area (Å²) in [5.74, 6) is 1.000. The number of hydrogen-bond donors (Lipinski definition) is 2. The van der Waals surface area contributed by atoms with Gasteiger partial charge < -0.3 is 15.8 Å². The summed E-state index contributed by atoms with van der Waals surface area (Å²) in [5, 5.41) is 2.97. The Kier molecular flexibility index (Phi) is 8.57. The van der Waals surface area contributed by atoms with Gasteiger partial charge >= 0.3 is 0 Å². The van der Waals surface area contributed by atoms with Gasteiger partial charge in [-0.05, 0) is 25.7 Å². The van der Waals surface area contributed by atoms with Gasteiger partial charge in [0.2, 0.25) is 5.91 Å². The summed E-state index contributed by atoms with van der Waals surface area (Å²) < 4.78 is 5.79. The maximum absolute atomic E-state index is 11.5. The van der Waals surface area contributed by atoms with Crippen molar-refractivity contribution in [1.82, 2.24) is 5.32 Å². The van der Waals surface area contributed by atoms with Gasteiger partial charge in [-0.1, -0.05) is 13.8 Å². The summed E-state index contributed by atoms with van der Waals surface area (Å²) in [6.45, 7) is 7.77. The van der Waals surface area contributed by atoms with Crippen molar-refractivity contribution < 1.29 is 9.53 Å². The van der Waals surface area contributed by atoms with Gasteiger partial charge in [0, 0.05) is 31.5 Å². The van der Waals surface area contributed by atoms with Gasteiger partial charge in [-0.2, -0.15) is 0 Å². The van der Waals surface area contributed by atoms with E-state index in [0.29, 0.717) is 24.8 Å². The smallest absolute Gasteiger partial charge is 0.221 e. The second-order valence-electron chi connectivity index (χ2n) is 5.47. The quantitative estimate of drug-likeness (QED) is 0.805. The molecular formula is C13H27ClN2O2. The Hall–Kier alpha value is -0.320. The SMILES string of the molecule is CC(N)CC(=O)NCC1CCCOC1C(C)C.Cl. The minimum atomic E-state index is -0.0708. The summed E-state index contributed by atoms with van der Waals surface area (Å²) >= 11 is 0. The largest absolute Gasteiger partial charge is 0.378 e. The Bertz CT molecular complexity index is 247. The first-order chi connectivity index (χ1) is 8.00. The Morgan fingerprint density at radius 2 is 2.11 bits per heavy atom. The highest BCUT2D eigenvalue weighted by Gasteiger charge is 2.28. The van der Waals surface area contributed by atoms with Crippen molar-refractivity contribution in [1.29, 1.82) is 0 Å². The van der Waals surface area contributed by atoms with E-state index in [0.717, 1.165) is 19.4 Å². The molecule has 1 aliphatic heterocycles. The molecule has 1 aliphatic rings.